The molecule has 0 saturated carbocycles. The highest BCUT2D eigenvalue weighted by Gasteiger charge is 2.09. The SMILES string of the molecule is COCCOCCOCCN(CCOCCCCCCNC(=O)Nc1cccc(NC(=O)NCCCCCCOCCN(CCOCCOCCOC)CCOCCOCCOC)c1)CCOCCOCCOC. The zero-order valence-corrected chi connectivity index (χ0v) is 46.0. The molecule has 0 aromatic heterocycles. The van der Waals surface area contributed by atoms with E-state index in [4.69, 9.17) is 66.3 Å². The number of amides is 4. The van der Waals surface area contributed by atoms with Crippen LogP contribution >= 0.6 is 0 Å². The van der Waals surface area contributed by atoms with Gasteiger partial charge >= 0.3 is 12.1 Å². The van der Waals surface area contributed by atoms with Crippen LogP contribution in [0.25, 0.3) is 0 Å². The molecule has 0 aliphatic carbocycles. The van der Waals surface area contributed by atoms with Gasteiger partial charge in [-0.05, 0) is 43.9 Å². The molecule has 434 valence electrons. The second-order valence-electron chi connectivity index (χ2n) is 16.9. The van der Waals surface area contributed by atoms with Gasteiger partial charge in [0.2, 0.25) is 0 Å². The molecule has 0 spiro atoms. The number of unbranched alkanes of at least 4 members (excludes halogenated alkanes) is 6. The van der Waals surface area contributed by atoms with Crippen LogP contribution in [-0.4, -0.2) is 261 Å². The molecule has 0 aliphatic rings. The number of methoxy groups -OCH3 is 4. The maximum absolute atomic E-state index is 12.6. The lowest BCUT2D eigenvalue weighted by Gasteiger charge is -2.22. The molecule has 0 unspecified atom stereocenters. The molecule has 0 heterocycles. The van der Waals surface area contributed by atoms with E-state index in [1.54, 1.807) is 52.7 Å². The summed E-state index contributed by atoms with van der Waals surface area (Å²) < 4.78 is 76.8. The van der Waals surface area contributed by atoms with Crippen molar-refractivity contribution in [2.45, 2.75) is 51.4 Å². The minimum atomic E-state index is -0.288. The second kappa shape index (κ2) is 56.3. The van der Waals surface area contributed by atoms with Crippen molar-refractivity contribution in [3.05, 3.63) is 24.3 Å². The standard InChI is InChI=1S/C52H100N6O16/c1-61-32-36-71-44-40-67-28-20-57(21-29-68-41-45-72-37-33-62-2)18-26-65-24-11-7-5-9-16-53-51(59)55-49-14-13-15-50(48-49)56-52(60)54-17-10-6-8-12-25-66-27-19-58(22-30-69-42-46-73-38-34-63-3)23-31-70-43-47-74-39-35-64-4/h13-15,48H,5-12,16-47H2,1-4H3,(H2,53,55,59)(H2,54,56,60). The average Bonchev–Trinajstić information content (AvgIpc) is 3.39. The molecular formula is C52H100N6O16. The maximum atomic E-state index is 12.6. The van der Waals surface area contributed by atoms with Crippen LogP contribution in [0, 0.1) is 0 Å². The number of carbonyl (C=O) groups is 2. The summed E-state index contributed by atoms with van der Waals surface area (Å²) >= 11 is 0. The zero-order chi connectivity index (χ0) is 53.3. The van der Waals surface area contributed by atoms with Gasteiger partial charge in [0, 0.05) is 105 Å². The lowest BCUT2D eigenvalue weighted by Crippen LogP contribution is -2.34. The highest BCUT2D eigenvalue weighted by Crippen LogP contribution is 2.15. The number of ether oxygens (including phenoxy) is 14. The number of anilines is 2. The van der Waals surface area contributed by atoms with E-state index in [2.05, 4.69) is 31.1 Å². The molecule has 4 amide bonds. The molecule has 22 heteroatoms. The van der Waals surface area contributed by atoms with Crippen LogP contribution in [0.1, 0.15) is 51.4 Å². The first-order valence-electron chi connectivity index (χ1n) is 26.9. The lowest BCUT2D eigenvalue weighted by atomic mass is 10.2. The minimum absolute atomic E-state index is 0.288. The molecule has 1 aromatic carbocycles. The summed E-state index contributed by atoms with van der Waals surface area (Å²) in [6, 6.07) is 6.52. The number of nitrogens with one attached hydrogen (secondary N) is 4. The summed E-state index contributed by atoms with van der Waals surface area (Å²) in [7, 11) is 6.62. The number of nitrogens with zero attached hydrogens (tertiary/aromatic N) is 2. The Hall–Kier alpha value is -2.88. The molecule has 0 aliphatic heterocycles. The Morgan fingerprint density at radius 2 is 0.595 bits per heavy atom. The summed E-state index contributed by atoms with van der Waals surface area (Å²) in [6.45, 7) is 19.7. The summed E-state index contributed by atoms with van der Waals surface area (Å²) in [6.07, 6.45) is 7.60. The number of hydrogen-bond acceptors (Lipinski definition) is 18. The Kier molecular flexibility index (Phi) is 52.6. The van der Waals surface area contributed by atoms with Gasteiger partial charge in [0.1, 0.15) is 0 Å². The molecule has 22 nitrogen and oxygen atoms in total. The van der Waals surface area contributed by atoms with E-state index in [9.17, 15) is 9.59 Å². The molecule has 0 fully saturated rings. The summed E-state index contributed by atoms with van der Waals surface area (Å²) in [5.41, 5.74) is 1.18. The van der Waals surface area contributed by atoms with Crippen molar-refractivity contribution < 1.29 is 75.9 Å². The van der Waals surface area contributed by atoms with Gasteiger partial charge in [-0.3, -0.25) is 9.80 Å². The van der Waals surface area contributed by atoms with Crippen LogP contribution in [0.5, 0.6) is 0 Å². The van der Waals surface area contributed by atoms with Crippen LogP contribution in [0.3, 0.4) is 0 Å². The molecule has 1 aromatic rings. The van der Waals surface area contributed by atoms with Gasteiger partial charge in [0.25, 0.3) is 0 Å². The molecule has 1 rings (SSSR count). The fourth-order valence-electron chi connectivity index (χ4n) is 6.69. The maximum Gasteiger partial charge on any atom is 0.319 e. The highest BCUT2D eigenvalue weighted by atomic mass is 16.6. The Labute approximate surface area is 444 Å². The summed E-state index contributed by atoms with van der Waals surface area (Å²) in [5, 5.41) is 11.6. The van der Waals surface area contributed by atoms with Crippen LogP contribution in [0.4, 0.5) is 21.0 Å². The van der Waals surface area contributed by atoms with Crippen molar-refractivity contribution >= 4 is 23.4 Å². The van der Waals surface area contributed by atoms with Crippen molar-refractivity contribution in [1.29, 1.82) is 0 Å². The van der Waals surface area contributed by atoms with E-state index < -0.39 is 0 Å². The molecular weight excluding hydrogens is 965 g/mol. The zero-order valence-electron chi connectivity index (χ0n) is 46.0. The van der Waals surface area contributed by atoms with Crippen molar-refractivity contribution in [3.8, 4) is 0 Å². The fraction of sp³-hybridized carbons (Fsp3) is 0.846. The molecule has 0 radical (unpaired) electrons. The Balaban J connectivity index is 2.17. The first-order chi connectivity index (χ1) is 36.5. The van der Waals surface area contributed by atoms with Gasteiger partial charge in [0.15, 0.2) is 0 Å². The fourth-order valence-corrected chi connectivity index (χ4v) is 6.69. The quantitative estimate of drug-likeness (QED) is 0.0665. The third-order valence-corrected chi connectivity index (χ3v) is 10.9. The topological polar surface area (TPSA) is 218 Å². The lowest BCUT2D eigenvalue weighted by molar-refractivity contribution is 0.00531. The number of urea groups is 2. The van der Waals surface area contributed by atoms with Crippen LogP contribution in [-0.2, 0) is 66.3 Å². The normalized spacial score (nSPS) is 11.5. The van der Waals surface area contributed by atoms with Gasteiger partial charge in [0.05, 0.1) is 145 Å². The minimum Gasteiger partial charge on any atom is -0.382 e. The summed E-state index contributed by atoms with van der Waals surface area (Å²) in [4.78, 5) is 29.7. The van der Waals surface area contributed by atoms with Crippen molar-refractivity contribution in [2.75, 3.05) is 250 Å². The molecule has 0 saturated heterocycles. The van der Waals surface area contributed by atoms with E-state index in [-0.39, 0.29) is 12.1 Å². The Morgan fingerprint density at radius 3 is 0.892 bits per heavy atom. The molecule has 0 atom stereocenters. The van der Waals surface area contributed by atoms with Crippen molar-refractivity contribution in [1.82, 2.24) is 20.4 Å². The summed E-state index contributed by atoms with van der Waals surface area (Å²) in [5.74, 6) is 0. The Morgan fingerprint density at radius 1 is 0.338 bits per heavy atom. The van der Waals surface area contributed by atoms with Crippen molar-refractivity contribution in [2.24, 2.45) is 0 Å². The van der Waals surface area contributed by atoms with E-state index in [1.165, 1.54) is 0 Å². The van der Waals surface area contributed by atoms with Gasteiger partial charge in [-0.2, -0.15) is 0 Å². The third-order valence-electron chi connectivity index (χ3n) is 10.9. The van der Waals surface area contributed by atoms with E-state index in [1.807, 2.05) is 0 Å². The molecule has 74 heavy (non-hydrogen) atoms. The first kappa shape index (κ1) is 69.1. The van der Waals surface area contributed by atoms with Gasteiger partial charge in [-0.25, -0.2) is 9.59 Å². The number of hydrogen-bond donors (Lipinski definition) is 4. The van der Waals surface area contributed by atoms with Gasteiger partial charge in [-0.15, -0.1) is 0 Å². The van der Waals surface area contributed by atoms with E-state index >= 15 is 0 Å². The van der Waals surface area contributed by atoms with E-state index in [0.717, 1.165) is 90.6 Å². The average molecular weight is 1070 g/mol. The highest BCUT2D eigenvalue weighted by molar-refractivity contribution is 5.92. The van der Waals surface area contributed by atoms with Gasteiger partial charge < -0.3 is 87.6 Å². The second-order valence-corrected chi connectivity index (χ2v) is 16.9. The van der Waals surface area contributed by atoms with Crippen LogP contribution in [0.15, 0.2) is 24.3 Å². The predicted molar refractivity (Wildman–Crippen MR) is 286 cm³/mol. The monoisotopic (exact) mass is 1060 g/mol. The van der Waals surface area contributed by atoms with E-state index in [0.29, 0.717) is 183 Å². The van der Waals surface area contributed by atoms with Crippen LogP contribution in [0.2, 0.25) is 0 Å². The largest absolute Gasteiger partial charge is 0.382 e. The molecule has 4 N–H and O–H groups in total. The van der Waals surface area contributed by atoms with Crippen LogP contribution < -0.4 is 21.3 Å². The Bertz CT molecular complexity index is 1220. The molecule has 0 bridgehead atoms. The van der Waals surface area contributed by atoms with Gasteiger partial charge in [-0.1, -0.05) is 31.7 Å². The smallest absolute Gasteiger partial charge is 0.319 e. The third kappa shape index (κ3) is 48.7. The number of rotatable bonds is 58. The number of benzene rings is 1. The predicted octanol–water partition coefficient (Wildman–Crippen LogP) is 4.41. The number of carbonyl (C=O) groups excluding carboxylic acids is 2. The van der Waals surface area contributed by atoms with Crippen molar-refractivity contribution in [3.63, 3.8) is 0 Å². The first-order valence-corrected chi connectivity index (χ1v) is 26.9.